The summed E-state index contributed by atoms with van der Waals surface area (Å²) < 4.78 is 0. The quantitative estimate of drug-likeness (QED) is 0.632. The van der Waals surface area contributed by atoms with Gasteiger partial charge in [0, 0.05) is 0 Å². The number of allylic oxidation sites excluding steroid dienone is 1. The molecule has 0 bridgehead atoms. The highest BCUT2D eigenvalue weighted by Crippen LogP contribution is 2.37. The first kappa shape index (κ1) is 13.2. The molecule has 0 amide bonds. The maximum Gasteiger partial charge on any atom is -0.00576 e. The van der Waals surface area contributed by atoms with Crippen LogP contribution < -0.4 is 0 Å². The van der Waals surface area contributed by atoms with Crippen molar-refractivity contribution < 1.29 is 0 Å². The molecule has 2 aromatic carbocycles. The van der Waals surface area contributed by atoms with Gasteiger partial charge in [0.1, 0.15) is 0 Å². The number of rotatable bonds is 1. The second kappa shape index (κ2) is 4.63. The van der Waals surface area contributed by atoms with Gasteiger partial charge in [0.05, 0.1) is 0 Å². The minimum absolute atomic E-state index is 1.11. The molecule has 102 valence electrons. The predicted molar refractivity (Wildman–Crippen MR) is 88.2 cm³/mol. The summed E-state index contributed by atoms with van der Waals surface area (Å²) in [6.07, 6.45) is 3.48. The van der Waals surface area contributed by atoms with E-state index in [4.69, 9.17) is 0 Å². The molecule has 1 aliphatic carbocycles. The fourth-order valence-electron chi connectivity index (χ4n) is 3.34. The molecule has 20 heavy (non-hydrogen) atoms. The average Bonchev–Trinajstić information content (AvgIpc) is 2.74. The second-order valence-corrected chi connectivity index (χ2v) is 6.30. The molecule has 0 saturated carbocycles. The van der Waals surface area contributed by atoms with Crippen LogP contribution in [0.2, 0.25) is 0 Å². The Balaban J connectivity index is 2.29. The van der Waals surface area contributed by atoms with E-state index < -0.39 is 0 Å². The van der Waals surface area contributed by atoms with Gasteiger partial charge in [-0.2, -0.15) is 0 Å². The summed E-state index contributed by atoms with van der Waals surface area (Å²) in [5, 5.41) is 0. The number of hydrogen-bond acceptors (Lipinski definition) is 0. The predicted octanol–water partition coefficient (Wildman–Crippen LogP) is 5.55. The molecular formula is C20H22. The molecule has 1 aliphatic rings. The van der Waals surface area contributed by atoms with Gasteiger partial charge in [-0.05, 0) is 74.4 Å². The van der Waals surface area contributed by atoms with Gasteiger partial charge in [0.15, 0.2) is 0 Å². The van der Waals surface area contributed by atoms with Crippen molar-refractivity contribution in [3.05, 3.63) is 63.2 Å². The van der Waals surface area contributed by atoms with E-state index >= 15 is 0 Å². The standard InChI is InChI=1S/C20H22/c1-12-6-13(2)8-17(7-12)19-11-15(4)16(5)18-9-14(3)10-20(18)19/h6-8,10-11H,9H2,1-5H3. The largest absolute Gasteiger partial charge is 0.0683 e. The van der Waals surface area contributed by atoms with E-state index in [9.17, 15) is 0 Å². The van der Waals surface area contributed by atoms with Crippen LogP contribution >= 0.6 is 0 Å². The van der Waals surface area contributed by atoms with Gasteiger partial charge in [-0.15, -0.1) is 0 Å². The first-order chi connectivity index (χ1) is 9.45. The number of fused-ring (bicyclic) bond motifs is 1. The van der Waals surface area contributed by atoms with Gasteiger partial charge in [-0.25, -0.2) is 0 Å². The van der Waals surface area contributed by atoms with Crippen molar-refractivity contribution in [1.29, 1.82) is 0 Å². The lowest BCUT2D eigenvalue weighted by Gasteiger charge is -2.15. The summed E-state index contributed by atoms with van der Waals surface area (Å²) in [7, 11) is 0. The molecule has 0 atom stereocenters. The summed E-state index contributed by atoms with van der Waals surface area (Å²) in [6, 6.07) is 9.21. The van der Waals surface area contributed by atoms with Gasteiger partial charge < -0.3 is 0 Å². The first-order valence-corrected chi connectivity index (χ1v) is 7.34. The van der Waals surface area contributed by atoms with Crippen LogP contribution in [0.25, 0.3) is 17.2 Å². The van der Waals surface area contributed by atoms with E-state index in [1.54, 1.807) is 0 Å². The highest BCUT2D eigenvalue weighted by Gasteiger charge is 2.18. The highest BCUT2D eigenvalue weighted by molar-refractivity contribution is 5.82. The molecule has 0 saturated heterocycles. The van der Waals surface area contributed by atoms with E-state index in [0.29, 0.717) is 0 Å². The maximum atomic E-state index is 2.37. The minimum Gasteiger partial charge on any atom is -0.0683 e. The molecular weight excluding hydrogens is 240 g/mol. The fourth-order valence-corrected chi connectivity index (χ4v) is 3.34. The molecule has 0 fully saturated rings. The molecule has 3 rings (SSSR count). The van der Waals surface area contributed by atoms with E-state index in [2.05, 4.69) is 65.0 Å². The van der Waals surface area contributed by atoms with Crippen LogP contribution in [0.15, 0.2) is 29.8 Å². The molecule has 0 N–H and O–H groups in total. The minimum atomic E-state index is 1.11. The van der Waals surface area contributed by atoms with Crippen LogP contribution in [0.4, 0.5) is 0 Å². The first-order valence-electron chi connectivity index (χ1n) is 7.34. The van der Waals surface area contributed by atoms with Crippen molar-refractivity contribution in [3.8, 4) is 11.1 Å². The summed E-state index contributed by atoms with van der Waals surface area (Å²) >= 11 is 0. The Morgan fingerprint density at radius 1 is 0.800 bits per heavy atom. The van der Waals surface area contributed by atoms with Crippen molar-refractivity contribution >= 4 is 6.08 Å². The van der Waals surface area contributed by atoms with Crippen molar-refractivity contribution in [3.63, 3.8) is 0 Å². The third kappa shape index (κ3) is 2.10. The monoisotopic (exact) mass is 262 g/mol. The van der Waals surface area contributed by atoms with Crippen molar-refractivity contribution in [1.82, 2.24) is 0 Å². The highest BCUT2D eigenvalue weighted by atomic mass is 14.2. The Hall–Kier alpha value is -1.82. The zero-order valence-electron chi connectivity index (χ0n) is 13.1. The number of benzene rings is 2. The summed E-state index contributed by atoms with van der Waals surface area (Å²) in [6.45, 7) is 11.1. The SMILES string of the molecule is CC1=Cc2c(-c3cc(C)cc(C)c3)cc(C)c(C)c2C1. The fraction of sp³-hybridized carbons (Fsp3) is 0.300. The number of aryl methyl sites for hydroxylation is 3. The van der Waals surface area contributed by atoms with Crippen molar-refractivity contribution in [2.45, 2.75) is 41.0 Å². The summed E-state index contributed by atoms with van der Waals surface area (Å²) in [4.78, 5) is 0. The Kier molecular flexibility index (Phi) is 3.05. The van der Waals surface area contributed by atoms with Gasteiger partial charge in [0.2, 0.25) is 0 Å². The molecule has 0 unspecified atom stereocenters. The molecule has 0 aromatic heterocycles. The Bertz CT molecular complexity index is 710. The third-order valence-corrected chi connectivity index (χ3v) is 4.40. The van der Waals surface area contributed by atoms with Crippen molar-refractivity contribution in [2.24, 2.45) is 0 Å². The van der Waals surface area contributed by atoms with Crippen LogP contribution in [0.5, 0.6) is 0 Å². The summed E-state index contributed by atoms with van der Waals surface area (Å²) in [5.41, 5.74) is 12.7. The molecule has 0 heterocycles. The van der Waals surface area contributed by atoms with Crippen LogP contribution in [0.1, 0.15) is 40.3 Å². The normalized spacial score (nSPS) is 13.3. The molecule has 0 heteroatoms. The topological polar surface area (TPSA) is 0 Å². The number of hydrogen-bond donors (Lipinski definition) is 0. The zero-order chi connectivity index (χ0) is 14.4. The smallest absolute Gasteiger partial charge is 0.00576 e. The van der Waals surface area contributed by atoms with Crippen LogP contribution in [0.3, 0.4) is 0 Å². The summed E-state index contributed by atoms with van der Waals surface area (Å²) in [5.74, 6) is 0. The average molecular weight is 262 g/mol. The van der Waals surface area contributed by atoms with E-state index in [0.717, 1.165) is 6.42 Å². The van der Waals surface area contributed by atoms with Gasteiger partial charge in [-0.1, -0.05) is 47.0 Å². The van der Waals surface area contributed by atoms with Gasteiger partial charge >= 0.3 is 0 Å². The molecule has 0 aliphatic heterocycles. The molecule has 0 spiro atoms. The zero-order valence-corrected chi connectivity index (χ0v) is 13.1. The van der Waals surface area contributed by atoms with Gasteiger partial charge in [-0.3, -0.25) is 0 Å². The van der Waals surface area contributed by atoms with Crippen LogP contribution in [-0.2, 0) is 6.42 Å². The lowest BCUT2D eigenvalue weighted by molar-refractivity contribution is 1.14. The Morgan fingerprint density at radius 3 is 2.10 bits per heavy atom. The van der Waals surface area contributed by atoms with E-state index in [-0.39, 0.29) is 0 Å². The molecule has 0 radical (unpaired) electrons. The maximum absolute atomic E-state index is 2.37. The van der Waals surface area contributed by atoms with Gasteiger partial charge in [0.25, 0.3) is 0 Å². The molecule has 2 aromatic rings. The van der Waals surface area contributed by atoms with Crippen LogP contribution in [-0.4, -0.2) is 0 Å². The van der Waals surface area contributed by atoms with E-state index in [1.807, 2.05) is 0 Å². The Morgan fingerprint density at radius 2 is 1.45 bits per heavy atom. The third-order valence-electron chi connectivity index (χ3n) is 4.40. The van der Waals surface area contributed by atoms with Crippen LogP contribution in [0, 0.1) is 27.7 Å². The lowest BCUT2D eigenvalue weighted by Crippen LogP contribution is -1.96. The van der Waals surface area contributed by atoms with E-state index in [1.165, 1.54) is 50.1 Å². The Labute approximate surface area is 122 Å². The van der Waals surface area contributed by atoms with Crippen molar-refractivity contribution in [2.75, 3.05) is 0 Å². The second-order valence-electron chi connectivity index (χ2n) is 6.30. The lowest BCUT2D eigenvalue weighted by atomic mass is 9.90. The molecule has 0 nitrogen and oxygen atoms in total.